The Balaban J connectivity index is 1.67. The summed E-state index contributed by atoms with van der Waals surface area (Å²) in [5.41, 5.74) is 3.42. The minimum absolute atomic E-state index is 0.173. The average Bonchev–Trinajstić information content (AvgIpc) is 2.88. The fraction of sp³-hybridized carbons (Fsp3) is 0.214. The maximum atomic E-state index is 13.3. The van der Waals surface area contributed by atoms with Crippen LogP contribution in [0.25, 0.3) is 11.0 Å². The smallest absolute Gasteiger partial charge is 0.339 e. The van der Waals surface area contributed by atoms with E-state index in [2.05, 4.69) is 10.3 Å². The first kappa shape index (κ1) is 24.7. The Hall–Kier alpha value is -4.46. The molecule has 184 valence electrons. The lowest BCUT2D eigenvalue weighted by molar-refractivity contribution is -0.125. The molecule has 0 bridgehead atoms. The second-order valence-electron chi connectivity index (χ2n) is 8.34. The molecule has 8 nitrogen and oxygen atoms in total. The predicted octanol–water partition coefficient (Wildman–Crippen LogP) is 4.58. The Morgan fingerprint density at radius 2 is 1.78 bits per heavy atom. The second kappa shape index (κ2) is 10.4. The molecular weight excluding hydrogens is 458 g/mol. The van der Waals surface area contributed by atoms with Crippen LogP contribution in [0.4, 0.5) is 5.69 Å². The molecule has 0 aliphatic heterocycles. The number of hydrogen-bond donors (Lipinski definition) is 1. The number of ether oxygens (including phenoxy) is 2. The van der Waals surface area contributed by atoms with E-state index in [1.807, 2.05) is 26.0 Å². The number of hydrogen-bond acceptors (Lipinski definition) is 6. The van der Waals surface area contributed by atoms with E-state index in [0.717, 1.165) is 5.56 Å². The number of carbonyl (C=O) groups is 2. The van der Waals surface area contributed by atoms with Crippen molar-refractivity contribution in [3.8, 4) is 5.75 Å². The summed E-state index contributed by atoms with van der Waals surface area (Å²) < 4.78 is 12.7. The topological polar surface area (TPSA) is 99.5 Å². The predicted molar refractivity (Wildman–Crippen MR) is 137 cm³/mol. The summed E-state index contributed by atoms with van der Waals surface area (Å²) in [6, 6.07) is 19.0. The lowest BCUT2D eigenvalue weighted by Crippen LogP contribution is -2.26. The van der Waals surface area contributed by atoms with Crippen molar-refractivity contribution in [1.29, 1.82) is 0 Å². The van der Waals surface area contributed by atoms with Crippen molar-refractivity contribution in [3.05, 3.63) is 99.5 Å². The van der Waals surface area contributed by atoms with Gasteiger partial charge in [-0.1, -0.05) is 36.4 Å². The van der Waals surface area contributed by atoms with Crippen molar-refractivity contribution in [2.45, 2.75) is 33.4 Å². The van der Waals surface area contributed by atoms with Crippen LogP contribution in [0.15, 0.2) is 71.5 Å². The number of carbonyl (C=O) groups excluding carboxylic acids is 2. The molecule has 0 radical (unpaired) electrons. The summed E-state index contributed by atoms with van der Waals surface area (Å²) in [6.07, 6.45) is -1.21. The average molecular weight is 486 g/mol. The van der Waals surface area contributed by atoms with Crippen LogP contribution in [-0.4, -0.2) is 28.5 Å². The van der Waals surface area contributed by atoms with Gasteiger partial charge in [-0.05, 0) is 56.7 Å². The molecule has 1 amide bonds. The summed E-state index contributed by atoms with van der Waals surface area (Å²) in [7, 11) is 1.52. The van der Waals surface area contributed by atoms with Gasteiger partial charge in [-0.2, -0.15) is 0 Å². The SMILES string of the molecule is CCn1c(=O)c(C)nc2cc(C(=O)O[C@@H](C(=O)Nc3cc(C)ccc3OC)c3ccccc3)ccc21. The van der Waals surface area contributed by atoms with E-state index in [4.69, 9.17) is 9.47 Å². The van der Waals surface area contributed by atoms with Crippen molar-refractivity contribution >= 4 is 28.6 Å². The van der Waals surface area contributed by atoms with Gasteiger partial charge in [0.1, 0.15) is 11.4 Å². The molecule has 1 aromatic heterocycles. The molecule has 1 atom stereocenters. The number of esters is 1. The number of anilines is 1. The number of amides is 1. The van der Waals surface area contributed by atoms with Gasteiger partial charge in [-0.25, -0.2) is 9.78 Å². The summed E-state index contributed by atoms with van der Waals surface area (Å²) >= 11 is 0. The highest BCUT2D eigenvalue weighted by Crippen LogP contribution is 2.28. The highest BCUT2D eigenvalue weighted by molar-refractivity contribution is 6.00. The maximum absolute atomic E-state index is 13.3. The van der Waals surface area contributed by atoms with E-state index in [1.165, 1.54) is 7.11 Å². The quantitative estimate of drug-likeness (QED) is 0.385. The molecule has 4 aromatic rings. The molecule has 0 aliphatic rings. The third kappa shape index (κ3) is 4.98. The van der Waals surface area contributed by atoms with Crippen LogP contribution in [0.5, 0.6) is 5.75 Å². The minimum Gasteiger partial charge on any atom is -0.495 e. The molecule has 3 aromatic carbocycles. The first-order valence-electron chi connectivity index (χ1n) is 11.5. The van der Waals surface area contributed by atoms with Crippen molar-refractivity contribution in [1.82, 2.24) is 9.55 Å². The number of benzene rings is 3. The second-order valence-corrected chi connectivity index (χ2v) is 8.34. The van der Waals surface area contributed by atoms with Crippen LogP contribution < -0.4 is 15.6 Å². The third-order valence-electron chi connectivity index (χ3n) is 5.84. The molecule has 0 aliphatic carbocycles. The highest BCUT2D eigenvalue weighted by Gasteiger charge is 2.27. The first-order valence-corrected chi connectivity index (χ1v) is 11.5. The zero-order valence-electron chi connectivity index (χ0n) is 20.6. The molecule has 0 saturated carbocycles. The van der Waals surface area contributed by atoms with Crippen molar-refractivity contribution in [2.24, 2.45) is 0 Å². The molecule has 1 N–H and O–H groups in total. The number of aryl methyl sites for hydroxylation is 3. The largest absolute Gasteiger partial charge is 0.495 e. The van der Waals surface area contributed by atoms with Crippen molar-refractivity contribution in [2.75, 3.05) is 12.4 Å². The fourth-order valence-corrected chi connectivity index (χ4v) is 4.01. The van der Waals surface area contributed by atoms with Gasteiger partial charge in [0, 0.05) is 12.1 Å². The van der Waals surface area contributed by atoms with Crippen LogP contribution in [0.1, 0.15) is 40.2 Å². The molecule has 0 fully saturated rings. The number of nitrogens with zero attached hydrogens (tertiary/aromatic N) is 2. The molecule has 36 heavy (non-hydrogen) atoms. The molecule has 0 saturated heterocycles. The first-order chi connectivity index (χ1) is 17.3. The number of rotatable bonds is 7. The Kier molecular flexibility index (Phi) is 7.15. The molecule has 8 heteroatoms. The van der Waals surface area contributed by atoms with Crippen LogP contribution in [0.2, 0.25) is 0 Å². The molecule has 0 unspecified atom stereocenters. The minimum atomic E-state index is -1.21. The Bertz CT molecular complexity index is 1490. The zero-order chi connectivity index (χ0) is 25.8. The molecule has 0 spiro atoms. The van der Waals surface area contributed by atoms with Crippen LogP contribution in [0, 0.1) is 13.8 Å². The summed E-state index contributed by atoms with van der Waals surface area (Å²) in [6.45, 7) is 5.88. The van der Waals surface area contributed by atoms with Crippen molar-refractivity contribution < 1.29 is 19.1 Å². The van der Waals surface area contributed by atoms with Gasteiger partial charge in [0.25, 0.3) is 11.5 Å². The number of fused-ring (bicyclic) bond motifs is 1. The Morgan fingerprint density at radius 3 is 2.47 bits per heavy atom. The summed E-state index contributed by atoms with van der Waals surface area (Å²) in [5.74, 6) is -0.719. The van der Waals surface area contributed by atoms with E-state index < -0.39 is 18.0 Å². The molecular formula is C28H27N3O5. The fourth-order valence-electron chi connectivity index (χ4n) is 4.01. The lowest BCUT2D eigenvalue weighted by atomic mass is 10.1. The van der Waals surface area contributed by atoms with E-state index >= 15 is 0 Å². The zero-order valence-corrected chi connectivity index (χ0v) is 20.6. The van der Waals surface area contributed by atoms with Crippen LogP contribution >= 0.6 is 0 Å². The van der Waals surface area contributed by atoms with E-state index in [9.17, 15) is 14.4 Å². The van der Waals surface area contributed by atoms with Gasteiger partial charge in [0.2, 0.25) is 6.10 Å². The van der Waals surface area contributed by atoms with Gasteiger partial charge in [0.15, 0.2) is 0 Å². The molecule has 1 heterocycles. The van der Waals surface area contributed by atoms with Crippen molar-refractivity contribution in [3.63, 3.8) is 0 Å². The summed E-state index contributed by atoms with van der Waals surface area (Å²) in [5, 5.41) is 2.82. The van der Waals surface area contributed by atoms with Gasteiger partial charge in [-0.15, -0.1) is 0 Å². The highest BCUT2D eigenvalue weighted by atomic mass is 16.5. The number of aromatic nitrogens is 2. The van der Waals surface area contributed by atoms with Gasteiger partial charge < -0.3 is 19.4 Å². The van der Waals surface area contributed by atoms with E-state index in [1.54, 1.807) is 66.1 Å². The van der Waals surface area contributed by atoms with Gasteiger partial charge >= 0.3 is 5.97 Å². The Labute approximate surface area is 208 Å². The Morgan fingerprint density at radius 1 is 1.03 bits per heavy atom. The maximum Gasteiger partial charge on any atom is 0.339 e. The van der Waals surface area contributed by atoms with Gasteiger partial charge in [-0.3, -0.25) is 9.59 Å². The number of nitrogens with one attached hydrogen (secondary N) is 1. The van der Waals surface area contributed by atoms with E-state index in [-0.39, 0.29) is 11.1 Å². The third-order valence-corrected chi connectivity index (χ3v) is 5.84. The monoisotopic (exact) mass is 485 g/mol. The normalized spacial score (nSPS) is 11.7. The van der Waals surface area contributed by atoms with Crippen LogP contribution in [0.3, 0.4) is 0 Å². The number of methoxy groups -OCH3 is 1. The van der Waals surface area contributed by atoms with E-state index in [0.29, 0.717) is 40.3 Å². The summed E-state index contributed by atoms with van der Waals surface area (Å²) in [4.78, 5) is 43.3. The van der Waals surface area contributed by atoms with Crippen LogP contribution in [-0.2, 0) is 16.1 Å². The standard InChI is InChI=1S/C28H27N3O5/c1-5-31-23-13-12-20(16-21(23)29-18(3)27(31)33)28(34)36-25(19-9-7-6-8-10-19)26(32)30-22-15-17(2)11-14-24(22)35-4/h6-16,25H,5H2,1-4H3,(H,30,32)/t25-/m1/s1. The van der Waals surface area contributed by atoms with Gasteiger partial charge in [0.05, 0.1) is 29.4 Å². The molecule has 4 rings (SSSR count). The lowest BCUT2D eigenvalue weighted by Gasteiger charge is -2.19.